The van der Waals surface area contributed by atoms with Crippen LogP contribution in [0.4, 0.5) is 5.69 Å². The molecule has 1 aromatic rings. The zero-order chi connectivity index (χ0) is 15.9. The molecule has 120 valence electrons. The van der Waals surface area contributed by atoms with Gasteiger partial charge < -0.3 is 15.2 Å². The van der Waals surface area contributed by atoms with Gasteiger partial charge in [0.25, 0.3) is 0 Å². The molecule has 0 saturated carbocycles. The van der Waals surface area contributed by atoms with E-state index in [-0.39, 0.29) is 5.41 Å². The second-order valence-electron chi connectivity index (χ2n) is 6.27. The Morgan fingerprint density at radius 1 is 1.14 bits per heavy atom. The van der Waals surface area contributed by atoms with Gasteiger partial charge in [-0.3, -0.25) is 4.90 Å². The summed E-state index contributed by atoms with van der Waals surface area (Å²) in [4.78, 5) is 2.42. The highest BCUT2D eigenvalue weighted by Crippen LogP contribution is 2.26. The number of hydrogen-bond donors (Lipinski definition) is 1. The molecular formula is C17H30N2O2. The van der Waals surface area contributed by atoms with Crippen molar-refractivity contribution in [3.63, 3.8) is 0 Å². The molecule has 0 amide bonds. The van der Waals surface area contributed by atoms with Crippen LogP contribution in [-0.4, -0.2) is 51.5 Å². The summed E-state index contributed by atoms with van der Waals surface area (Å²) in [5.74, 6) is 0. The van der Waals surface area contributed by atoms with Gasteiger partial charge >= 0.3 is 0 Å². The maximum atomic E-state index is 5.78. The maximum absolute atomic E-state index is 5.78. The van der Waals surface area contributed by atoms with Crippen molar-refractivity contribution in [3.05, 3.63) is 29.8 Å². The zero-order valence-corrected chi connectivity index (χ0v) is 14.1. The standard InChI is InChI=1S/C17H30N2O2/c1-14(12-21-5)19(10-11-20-4)13-17(2,3)15-6-8-16(18)9-7-15/h6-9,14H,10-13,18H2,1-5H3. The predicted molar refractivity (Wildman–Crippen MR) is 88.7 cm³/mol. The molecule has 0 aliphatic rings. The van der Waals surface area contributed by atoms with E-state index in [1.165, 1.54) is 5.56 Å². The first-order valence-electron chi connectivity index (χ1n) is 7.48. The normalized spacial score (nSPS) is 13.6. The number of nitrogen functional groups attached to an aromatic ring is 1. The summed E-state index contributed by atoms with van der Waals surface area (Å²) in [6.45, 7) is 10.0. The number of nitrogens with zero attached hydrogens (tertiary/aromatic N) is 1. The lowest BCUT2D eigenvalue weighted by Gasteiger charge is -2.36. The number of anilines is 1. The lowest BCUT2D eigenvalue weighted by molar-refractivity contribution is 0.0632. The molecule has 0 heterocycles. The minimum absolute atomic E-state index is 0.0451. The van der Waals surface area contributed by atoms with Crippen LogP contribution in [-0.2, 0) is 14.9 Å². The molecule has 1 rings (SSSR count). The van der Waals surface area contributed by atoms with Gasteiger partial charge in [0.05, 0.1) is 13.2 Å². The largest absolute Gasteiger partial charge is 0.399 e. The Balaban J connectivity index is 2.81. The summed E-state index contributed by atoms with van der Waals surface area (Å²) in [6.07, 6.45) is 0. The summed E-state index contributed by atoms with van der Waals surface area (Å²) >= 11 is 0. The summed E-state index contributed by atoms with van der Waals surface area (Å²) in [6, 6.07) is 8.53. The molecule has 4 nitrogen and oxygen atoms in total. The van der Waals surface area contributed by atoms with Crippen LogP contribution >= 0.6 is 0 Å². The molecule has 0 radical (unpaired) electrons. The third-order valence-corrected chi connectivity index (χ3v) is 3.90. The Kier molecular flexibility index (Phi) is 7.15. The fourth-order valence-electron chi connectivity index (χ4n) is 2.54. The number of methoxy groups -OCH3 is 2. The van der Waals surface area contributed by atoms with Crippen molar-refractivity contribution in [2.45, 2.75) is 32.2 Å². The van der Waals surface area contributed by atoms with Crippen LogP contribution in [0.1, 0.15) is 26.3 Å². The van der Waals surface area contributed by atoms with E-state index >= 15 is 0 Å². The third kappa shape index (κ3) is 5.65. The van der Waals surface area contributed by atoms with E-state index in [1.807, 2.05) is 12.1 Å². The van der Waals surface area contributed by atoms with Gasteiger partial charge in [-0.05, 0) is 24.6 Å². The van der Waals surface area contributed by atoms with Gasteiger partial charge in [-0.15, -0.1) is 0 Å². The highest BCUT2D eigenvalue weighted by atomic mass is 16.5. The van der Waals surface area contributed by atoms with Gasteiger partial charge in [-0.25, -0.2) is 0 Å². The van der Waals surface area contributed by atoms with Crippen molar-refractivity contribution in [3.8, 4) is 0 Å². The highest BCUT2D eigenvalue weighted by Gasteiger charge is 2.26. The Bertz CT molecular complexity index is 404. The highest BCUT2D eigenvalue weighted by molar-refractivity contribution is 5.41. The van der Waals surface area contributed by atoms with Crippen LogP contribution in [0.2, 0.25) is 0 Å². The SMILES string of the molecule is COCCN(CC(C)(C)c1ccc(N)cc1)C(C)COC. The second-order valence-corrected chi connectivity index (χ2v) is 6.27. The van der Waals surface area contributed by atoms with Gasteiger partial charge in [-0.1, -0.05) is 26.0 Å². The Labute approximate surface area is 129 Å². The lowest BCUT2D eigenvalue weighted by Crippen LogP contribution is -2.45. The molecule has 0 fully saturated rings. The van der Waals surface area contributed by atoms with E-state index in [1.54, 1.807) is 14.2 Å². The fraction of sp³-hybridized carbons (Fsp3) is 0.647. The van der Waals surface area contributed by atoms with Crippen molar-refractivity contribution in [2.75, 3.05) is 46.3 Å². The zero-order valence-electron chi connectivity index (χ0n) is 14.1. The van der Waals surface area contributed by atoms with Crippen LogP contribution in [0.5, 0.6) is 0 Å². The molecule has 4 heteroatoms. The molecule has 0 saturated heterocycles. The number of nitrogens with two attached hydrogens (primary N) is 1. The van der Waals surface area contributed by atoms with Crippen LogP contribution < -0.4 is 5.73 Å². The minimum atomic E-state index is 0.0451. The average Bonchev–Trinajstić information content (AvgIpc) is 2.44. The second kappa shape index (κ2) is 8.37. The predicted octanol–water partition coefficient (Wildman–Crippen LogP) is 2.53. The van der Waals surface area contributed by atoms with Crippen molar-refractivity contribution >= 4 is 5.69 Å². The quantitative estimate of drug-likeness (QED) is 0.711. The molecule has 1 atom stereocenters. The van der Waals surface area contributed by atoms with Crippen molar-refractivity contribution in [2.24, 2.45) is 0 Å². The average molecular weight is 294 g/mol. The first kappa shape index (κ1) is 18.0. The molecule has 1 unspecified atom stereocenters. The van der Waals surface area contributed by atoms with Crippen molar-refractivity contribution in [1.29, 1.82) is 0 Å². The molecule has 0 aromatic heterocycles. The smallest absolute Gasteiger partial charge is 0.0615 e. The monoisotopic (exact) mass is 294 g/mol. The first-order valence-corrected chi connectivity index (χ1v) is 7.48. The lowest BCUT2D eigenvalue weighted by atomic mass is 9.83. The molecule has 0 bridgehead atoms. The topological polar surface area (TPSA) is 47.7 Å². The summed E-state index contributed by atoms with van der Waals surface area (Å²) in [7, 11) is 3.49. The number of hydrogen-bond acceptors (Lipinski definition) is 4. The van der Waals surface area contributed by atoms with Crippen LogP contribution in [0.25, 0.3) is 0 Å². The van der Waals surface area contributed by atoms with E-state index in [2.05, 4.69) is 37.8 Å². The molecule has 1 aromatic carbocycles. The Morgan fingerprint density at radius 2 is 1.76 bits per heavy atom. The summed E-state index contributed by atoms with van der Waals surface area (Å²) in [5.41, 5.74) is 7.93. The molecule has 0 aliphatic carbocycles. The molecule has 2 N–H and O–H groups in total. The maximum Gasteiger partial charge on any atom is 0.0615 e. The van der Waals surface area contributed by atoms with E-state index in [4.69, 9.17) is 15.2 Å². The number of rotatable bonds is 9. The molecular weight excluding hydrogens is 264 g/mol. The van der Waals surface area contributed by atoms with E-state index in [9.17, 15) is 0 Å². The van der Waals surface area contributed by atoms with Gasteiger partial charge in [0.2, 0.25) is 0 Å². The Morgan fingerprint density at radius 3 is 2.29 bits per heavy atom. The van der Waals surface area contributed by atoms with Gasteiger partial charge in [0.15, 0.2) is 0 Å². The minimum Gasteiger partial charge on any atom is -0.399 e. The number of ether oxygens (including phenoxy) is 2. The first-order chi connectivity index (χ1) is 9.90. The van der Waals surface area contributed by atoms with E-state index in [0.29, 0.717) is 6.04 Å². The molecule has 0 aliphatic heterocycles. The Hall–Kier alpha value is -1.10. The van der Waals surface area contributed by atoms with Crippen LogP contribution in [0.3, 0.4) is 0 Å². The number of benzene rings is 1. The molecule has 0 spiro atoms. The van der Waals surface area contributed by atoms with Crippen molar-refractivity contribution in [1.82, 2.24) is 4.90 Å². The van der Waals surface area contributed by atoms with Crippen molar-refractivity contribution < 1.29 is 9.47 Å². The summed E-state index contributed by atoms with van der Waals surface area (Å²) < 4.78 is 10.5. The third-order valence-electron chi connectivity index (χ3n) is 3.90. The van der Waals surface area contributed by atoms with E-state index in [0.717, 1.165) is 32.0 Å². The summed E-state index contributed by atoms with van der Waals surface area (Å²) in [5, 5.41) is 0. The van der Waals surface area contributed by atoms with Gasteiger partial charge in [0.1, 0.15) is 0 Å². The van der Waals surface area contributed by atoms with Crippen LogP contribution in [0.15, 0.2) is 24.3 Å². The van der Waals surface area contributed by atoms with Gasteiger partial charge in [0, 0.05) is 44.5 Å². The van der Waals surface area contributed by atoms with E-state index < -0.39 is 0 Å². The van der Waals surface area contributed by atoms with Gasteiger partial charge in [-0.2, -0.15) is 0 Å². The fourth-order valence-corrected chi connectivity index (χ4v) is 2.54. The molecule has 21 heavy (non-hydrogen) atoms. The van der Waals surface area contributed by atoms with Crippen LogP contribution in [0, 0.1) is 0 Å².